The van der Waals surface area contributed by atoms with Gasteiger partial charge in [-0.25, -0.2) is 0 Å². The monoisotopic (exact) mass is 520 g/mol. The Morgan fingerprint density at radius 3 is 2.58 bits per heavy atom. The lowest BCUT2D eigenvalue weighted by Crippen LogP contribution is -2.64. The Bertz CT molecular complexity index is 1230. The zero-order valence-corrected chi connectivity index (χ0v) is 20.8. The van der Waals surface area contributed by atoms with Crippen LogP contribution in [-0.2, 0) is 23.1 Å². The maximum Gasteiger partial charge on any atom is 0.251 e. The number of ether oxygens (including phenoxy) is 4. The fraction of sp³-hybridized carbons (Fsp3) is 0.400. The van der Waals surface area contributed by atoms with Crippen LogP contribution in [0, 0.1) is 0 Å². The molecule has 4 rings (SSSR count). The molecule has 1 amide bonds. The molecule has 1 saturated heterocycles. The molecule has 1 aromatic heterocycles. The standard InChI is InChI=1S/C25H29ClN2O8/c1-28-15(8-13-6-4-5-7-17(13)28)12-35-23-16(26)9-14(10-18(23)33-2)24(32)27-20-22(31)21(30)19(11-29)36-25(20)34-3/h4-10,19-22,25,29-31H,11-12H2,1-3H3,(H,27,32)/t19-,20-,21-,22-,25+/m1/s1. The number of carbonyl (C=O) groups excluding carboxylic acids is 1. The van der Waals surface area contributed by atoms with Gasteiger partial charge in [0.1, 0.15) is 31.0 Å². The van der Waals surface area contributed by atoms with Crippen LogP contribution in [0.15, 0.2) is 42.5 Å². The summed E-state index contributed by atoms with van der Waals surface area (Å²) in [4.78, 5) is 13.0. The number of halogens is 1. The summed E-state index contributed by atoms with van der Waals surface area (Å²) in [6.45, 7) is -0.302. The molecule has 11 heteroatoms. The van der Waals surface area contributed by atoms with Gasteiger partial charge in [0.05, 0.1) is 24.4 Å². The van der Waals surface area contributed by atoms with Gasteiger partial charge in [0.15, 0.2) is 17.8 Å². The highest BCUT2D eigenvalue weighted by molar-refractivity contribution is 6.32. The molecule has 2 heterocycles. The number of nitrogens with one attached hydrogen (secondary N) is 1. The molecule has 1 aliphatic rings. The van der Waals surface area contributed by atoms with E-state index in [-0.39, 0.29) is 28.7 Å². The maximum atomic E-state index is 13.0. The summed E-state index contributed by atoms with van der Waals surface area (Å²) < 4.78 is 24.1. The molecule has 5 atom stereocenters. The van der Waals surface area contributed by atoms with Gasteiger partial charge in [-0.15, -0.1) is 0 Å². The van der Waals surface area contributed by atoms with Crippen molar-refractivity contribution in [3.8, 4) is 11.5 Å². The lowest BCUT2D eigenvalue weighted by molar-refractivity contribution is -0.261. The highest BCUT2D eigenvalue weighted by Crippen LogP contribution is 2.37. The van der Waals surface area contributed by atoms with Crippen LogP contribution in [0.4, 0.5) is 0 Å². The van der Waals surface area contributed by atoms with E-state index in [2.05, 4.69) is 5.32 Å². The van der Waals surface area contributed by atoms with Crippen molar-refractivity contribution in [2.75, 3.05) is 20.8 Å². The zero-order chi connectivity index (χ0) is 26.0. The van der Waals surface area contributed by atoms with Crippen LogP contribution in [0.3, 0.4) is 0 Å². The van der Waals surface area contributed by atoms with E-state index in [9.17, 15) is 20.1 Å². The number of hydrogen-bond donors (Lipinski definition) is 4. The lowest BCUT2D eigenvalue weighted by Gasteiger charge is -2.41. The molecular formula is C25H29ClN2O8. The van der Waals surface area contributed by atoms with Gasteiger partial charge in [0.2, 0.25) is 0 Å². The van der Waals surface area contributed by atoms with E-state index in [1.54, 1.807) is 0 Å². The summed E-state index contributed by atoms with van der Waals surface area (Å²) in [5.41, 5.74) is 2.13. The maximum absolute atomic E-state index is 13.0. The summed E-state index contributed by atoms with van der Waals surface area (Å²) >= 11 is 6.47. The molecule has 1 aliphatic heterocycles. The average Bonchev–Trinajstić information content (AvgIpc) is 3.21. The first-order chi connectivity index (χ1) is 17.3. The van der Waals surface area contributed by atoms with Crippen molar-refractivity contribution in [1.29, 1.82) is 0 Å². The van der Waals surface area contributed by atoms with E-state index in [4.69, 9.17) is 30.5 Å². The number of aromatic nitrogens is 1. The van der Waals surface area contributed by atoms with Crippen molar-refractivity contribution in [1.82, 2.24) is 9.88 Å². The zero-order valence-electron chi connectivity index (χ0n) is 20.1. The van der Waals surface area contributed by atoms with Gasteiger partial charge in [-0.2, -0.15) is 0 Å². The summed E-state index contributed by atoms with van der Waals surface area (Å²) in [6, 6.07) is 11.8. The van der Waals surface area contributed by atoms with Crippen molar-refractivity contribution in [3.63, 3.8) is 0 Å². The van der Waals surface area contributed by atoms with Gasteiger partial charge in [0.25, 0.3) is 5.91 Å². The Hall–Kier alpha value is -2.86. The molecule has 0 radical (unpaired) electrons. The molecule has 0 saturated carbocycles. The topological polar surface area (TPSA) is 132 Å². The molecule has 2 aromatic carbocycles. The number of methoxy groups -OCH3 is 2. The smallest absolute Gasteiger partial charge is 0.251 e. The van der Waals surface area contributed by atoms with E-state index >= 15 is 0 Å². The summed E-state index contributed by atoms with van der Waals surface area (Å²) in [6.07, 6.45) is -5.00. The van der Waals surface area contributed by atoms with Crippen molar-refractivity contribution in [2.45, 2.75) is 37.3 Å². The Morgan fingerprint density at radius 2 is 1.92 bits per heavy atom. The number of amides is 1. The molecule has 0 spiro atoms. The van der Waals surface area contributed by atoms with Crippen molar-refractivity contribution in [3.05, 3.63) is 58.7 Å². The van der Waals surface area contributed by atoms with E-state index in [0.29, 0.717) is 0 Å². The summed E-state index contributed by atoms with van der Waals surface area (Å²) in [5.74, 6) is -0.0895. The molecule has 36 heavy (non-hydrogen) atoms. The third kappa shape index (κ3) is 5.01. The second-order valence-corrected chi connectivity index (χ2v) is 8.88. The van der Waals surface area contributed by atoms with Crippen LogP contribution in [0.1, 0.15) is 16.1 Å². The molecule has 0 bridgehead atoms. The van der Waals surface area contributed by atoms with Crippen LogP contribution in [0.2, 0.25) is 5.02 Å². The summed E-state index contributed by atoms with van der Waals surface area (Å²) in [7, 11) is 4.70. The van der Waals surface area contributed by atoms with Gasteiger partial charge in [-0.05, 0) is 29.7 Å². The van der Waals surface area contributed by atoms with Crippen LogP contribution in [0.25, 0.3) is 10.9 Å². The summed E-state index contributed by atoms with van der Waals surface area (Å²) in [5, 5.41) is 33.8. The van der Waals surface area contributed by atoms with Crippen molar-refractivity contribution < 1.29 is 39.1 Å². The Labute approximate surface area is 212 Å². The minimum Gasteiger partial charge on any atom is -0.493 e. The molecule has 0 unspecified atom stereocenters. The number of aliphatic hydroxyl groups is 3. The minimum atomic E-state index is -1.44. The average molecular weight is 521 g/mol. The van der Waals surface area contributed by atoms with Crippen LogP contribution in [-0.4, -0.2) is 77.3 Å². The first-order valence-electron chi connectivity index (χ1n) is 11.3. The number of benzene rings is 2. The quantitative estimate of drug-likeness (QED) is 0.352. The predicted octanol–water partition coefficient (Wildman–Crippen LogP) is 1.60. The highest BCUT2D eigenvalue weighted by Gasteiger charge is 2.45. The van der Waals surface area contributed by atoms with Gasteiger partial charge in [-0.3, -0.25) is 4.79 Å². The number of rotatable bonds is 8. The normalized spacial score (nSPS) is 24.0. The third-order valence-electron chi connectivity index (χ3n) is 6.32. The van der Waals surface area contributed by atoms with E-state index in [1.807, 2.05) is 41.9 Å². The molecule has 1 fully saturated rings. The van der Waals surface area contributed by atoms with Crippen molar-refractivity contribution >= 4 is 28.4 Å². The number of carbonyl (C=O) groups is 1. The number of fused-ring (bicyclic) bond motifs is 1. The van der Waals surface area contributed by atoms with E-state index in [0.717, 1.165) is 16.6 Å². The fourth-order valence-corrected chi connectivity index (χ4v) is 4.56. The third-order valence-corrected chi connectivity index (χ3v) is 6.60. The van der Waals surface area contributed by atoms with Gasteiger partial charge in [0, 0.05) is 25.2 Å². The number of nitrogens with zero attached hydrogens (tertiary/aromatic N) is 1. The Balaban J connectivity index is 1.52. The minimum absolute atomic E-state index is 0.134. The van der Waals surface area contributed by atoms with Gasteiger partial charge in [-0.1, -0.05) is 29.8 Å². The van der Waals surface area contributed by atoms with Crippen molar-refractivity contribution in [2.24, 2.45) is 7.05 Å². The number of aliphatic hydroxyl groups excluding tert-OH is 3. The lowest BCUT2D eigenvalue weighted by atomic mass is 9.96. The fourth-order valence-electron chi connectivity index (χ4n) is 4.29. The molecule has 3 aromatic rings. The van der Waals surface area contributed by atoms with Crippen LogP contribution in [0.5, 0.6) is 11.5 Å². The molecule has 4 N–H and O–H groups in total. The second-order valence-electron chi connectivity index (χ2n) is 8.47. The molecule has 194 valence electrons. The Morgan fingerprint density at radius 1 is 1.17 bits per heavy atom. The van der Waals surface area contributed by atoms with Gasteiger partial charge < -0.3 is 44.2 Å². The van der Waals surface area contributed by atoms with Crippen LogP contribution >= 0.6 is 11.6 Å². The highest BCUT2D eigenvalue weighted by atomic mass is 35.5. The van der Waals surface area contributed by atoms with E-state index < -0.39 is 43.2 Å². The molecule has 0 aliphatic carbocycles. The molecular weight excluding hydrogens is 492 g/mol. The number of para-hydroxylation sites is 1. The number of aryl methyl sites for hydroxylation is 1. The van der Waals surface area contributed by atoms with E-state index in [1.165, 1.54) is 26.4 Å². The second kappa shape index (κ2) is 11.0. The SMILES string of the molecule is COc1cc(C(=O)N[C@H]2[C@@H](OC)O[C@H](CO)[C@@H](O)[C@@H]2O)cc(Cl)c1OCc1cc2ccccc2n1C. The predicted molar refractivity (Wildman–Crippen MR) is 131 cm³/mol. The largest absolute Gasteiger partial charge is 0.493 e. The first-order valence-corrected chi connectivity index (χ1v) is 11.7. The molecule has 10 nitrogen and oxygen atoms in total. The Kier molecular flexibility index (Phi) is 8.04. The first kappa shape index (κ1) is 26.2. The van der Waals surface area contributed by atoms with Gasteiger partial charge >= 0.3 is 0 Å². The van der Waals surface area contributed by atoms with Crippen LogP contribution < -0.4 is 14.8 Å². The number of hydrogen-bond acceptors (Lipinski definition) is 8.